The first-order valence-corrected chi connectivity index (χ1v) is 13.0. The molecule has 2 aromatic heterocycles. The molecule has 8 heteroatoms. The van der Waals surface area contributed by atoms with Crippen molar-refractivity contribution < 1.29 is 14.3 Å². The van der Waals surface area contributed by atoms with Crippen LogP contribution in [-0.2, 0) is 4.74 Å². The zero-order valence-corrected chi connectivity index (χ0v) is 21.1. The van der Waals surface area contributed by atoms with Crippen molar-refractivity contribution in [2.45, 2.75) is 58.1 Å². The van der Waals surface area contributed by atoms with Crippen LogP contribution in [0.5, 0.6) is 11.8 Å². The Bertz CT molecular complexity index is 1450. The van der Waals surface area contributed by atoms with Crippen LogP contribution in [0.4, 0.5) is 16.2 Å². The van der Waals surface area contributed by atoms with Crippen LogP contribution in [0, 0.1) is 12.8 Å². The Balaban J connectivity index is 1.30. The Kier molecular flexibility index (Phi) is 5.94. The predicted octanol–water partition coefficient (Wildman–Crippen LogP) is 6.85. The third-order valence-electron chi connectivity index (χ3n) is 7.42. The fourth-order valence-corrected chi connectivity index (χ4v) is 4.97. The topological polar surface area (TPSA) is 104 Å². The summed E-state index contributed by atoms with van der Waals surface area (Å²) in [6, 6.07) is 16.2. The van der Waals surface area contributed by atoms with E-state index >= 15 is 0 Å². The van der Waals surface area contributed by atoms with Crippen molar-refractivity contribution in [2.75, 3.05) is 11.1 Å². The first-order chi connectivity index (χ1) is 18.0. The van der Waals surface area contributed by atoms with Gasteiger partial charge in [-0.2, -0.15) is 0 Å². The van der Waals surface area contributed by atoms with E-state index in [9.17, 15) is 4.79 Å². The van der Waals surface area contributed by atoms with Crippen LogP contribution >= 0.6 is 0 Å². The minimum Gasteiger partial charge on any atom is -0.446 e. The van der Waals surface area contributed by atoms with Gasteiger partial charge in [-0.1, -0.05) is 12.1 Å². The van der Waals surface area contributed by atoms with Crippen molar-refractivity contribution in [3.8, 4) is 23.0 Å². The molecule has 3 N–H and O–H groups in total. The number of hydrogen-bond acceptors (Lipinski definition) is 6. The van der Waals surface area contributed by atoms with Gasteiger partial charge in [-0.25, -0.2) is 14.8 Å². The van der Waals surface area contributed by atoms with E-state index in [2.05, 4.69) is 19.9 Å². The fourth-order valence-electron chi connectivity index (χ4n) is 4.97. The summed E-state index contributed by atoms with van der Waals surface area (Å²) in [5, 5.41) is 3.83. The number of hydrogen-bond donors (Lipinski definition) is 2. The lowest BCUT2D eigenvalue weighted by Crippen LogP contribution is -2.21. The van der Waals surface area contributed by atoms with Crippen molar-refractivity contribution in [1.29, 1.82) is 0 Å². The van der Waals surface area contributed by atoms with E-state index in [0.717, 1.165) is 59.2 Å². The van der Waals surface area contributed by atoms with Gasteiger partial charge in [0, 0.05) is 40.6 Å². The molecule has 0 radical (unpaired) electrons. The standard InChI is InChI=1S/C29H31N5O3/c1-17-14-15-31-28(32-17)37-23-12-13-24-25(16-23)34(22-4-3-5-22)27(26(24)30)20-8-10-21(11-9-20)33-29(35)36-18(2)19-6-7-19/h8-16,18-19,22H,3-7,30H2,1-2H3,(H,33,35)/t18-/m1/s1. The number of nitrogens with one attached hydrogen (secondary N) is 1. The summed E-state index contributed by atoms with van der Waals surface area (Å²) in [6.45, 7) is 3.86. The number of aryl methyl sites for hydroxylation is 1. The number of nitrogen functional groups attached to an aromatic ring is 1. The Hall–Kier alpha value is -4.07. The number of anilines is 2. The molecule has 190 valence electrons. The molecule has 1 atom stereocenters. The highest BCUT2D eigenvalue weighted by atomic mass is 16.6. The van der Waals surface area contributed by atoms with Crippen molar-refractivity contribution in [2.24, 2.45) is 5.92 Å². The summed E-state index contributed by atoms with van der Waals surface area (Å²) >= 11 is 0. The number of carbonyl (C=O) groups excluding carboxylic acids is 1. The van der Waals surface area contributed by atoms with Crippen LogP contribution in [0.1, 0.15) is 50.8 Å². The minimum atomic E-state index is -0.416. The van der Waals surface area contributed by atoms with Gasteiger partial charge in [-0.3, -0.25) is 5.32 Å². The summed E-state index contributed by atoms with van der Waals surface area (Å²) < 4.78 is 13.8. The van der Waals surface area contributed by atoms with Crippen molar-refractivity contribution in [3.63, 3.8) is 0 Å². The zero-order valence-electron chi connectivity index (χ0n) is 21.1. The SMILES string of the molecule is Cc1ccnc(Oc2ccc3c(N)c(-c4ccc(NC(=O)O[C@H](C)C5CC5)cc4)n(C4CCC4)c3c2)n1. The number of aromatic nitrogens is 3. The molecule has 37 heavy (non-hydrogen) atoms. The van der Waals surface area contributed by atoms with E-state index < -0.39 is 6.09 Å². The maximum absolute atomic E-state index is 12.3. The van der Waals surface area contributed by atoms with Gasteiger partial charge >= 0.3 is 12.1 Å². The number of amides is 1. The van der Waals surface area contributed by atoms with Gasteiger partial charge in [0.25, 0.3) is 0 Å². The van der Waals surface area contributed by atoms with Crippen LogP contribution in [0.25, 0.3) is 22.2 Å². The number of nitrogens with zero attached hydrogens (tertiary/aromatic N) is 3. The van der Waals surface area contributed by atoms with Gasteiger partial charge in [0.05, 0.1) is 16.9 Å². The van der Waals surface area contributed by atoms with Crippen molar-refractivity contribution >= 4 is 28.4 Å². The highest BCUT2D eigenvalue weighted by molar-refractivity contribution is 6.01. The third-order valence-corrected chi connectivity index (χ3v) is 7.42. The molecule has 0 spiro atoms. The third kappa shape index (κ3) is 4.71. The van der Waals surface area contributed by atoms with Gasteiger partial charge in [0.2, 0.25) is 0 Å². The largest absolute Gasteiger partial charge is 0.446 e. The van der Waals surface area contributed by atoms with Crippen LogP contribution in [0.3, 0.4) is 0 Å². The first kappa shape index (κ1) is 23.3. The quantitative estimate of drug-likeness (QED) is 0.289. The molecular formula is C29H31N5O3. The van der Waals surface area contributed by atoms with E-state index in [1.165, 1.54) is 6.42 Å². The monoisotopic (exact) mass is 497 g/mol. The molecule has 8 nitrogen and oxygen atoms in total. The number of carbonyl (C=O) groups is 1. The van der Waals surface area contributed by atoms with E-state index in [4.69, 9.17) is 15.2 Å². The second kappa shape index (κ2) is 9.42. The molecule has 0 saturated heterocycles. The van der Waals surface area contributed by atoms with E-state index in [-0.39, 0.29) is 6.10 Å². The van der Waals surface area contributed by atoms with E-state index in [0.29, 0.717) is 29.4 Å². The predicted molar refractivity (Wildman–Crippen MR) is 144 cm³/mol. The zero-order chi connectivity index (χ0) is 25.5. The average molecular weight is 498 g/mol. The second-order valence-corrected chi connectivity index (χ2v) is 10.1. The molecule has 2 saturated carbocycles. The van der Waals surface area contributed by atoms with Crippen LogP contribution in [0.15, 0.2) is 54.7 Å². The second-order valence-electron chi connectivity index (χ2n) is 10.1. The highest BCUT2D eigenvalue weighted by Gasteiger charge is 2.31. The normalized spacial score (nSPS) is 16.3. The molecule has 2 fully saturated rings. The first-order valence-electron chi connectivity index (χ1n) is 13.0. The summed E-state index contributed by atoms with van der Waals surface area (Å²) in [6.07, 6.45) is 6.89. The molecule has 6 rings (SSSR count). The molecule has 2 aliphatic carbocycles. The van der Waals surface area contributed by atoms with Crippen molar-refractivity contribution in [3.05, 3.63) is 60.4 Å². The number of ether oxygens (including phenoxy) is 2. The van der Waals surface area contributed by atoms with Gasteiger partial charge in [0.15, 0.2) is 0 Å². The van der Waals surface area contributed by atoms with Gasteiger partial charge in [-0.05, 0) is 82.2 Å². The van der Waals surface area contributed by atoms with Crippen LogP contribution in [-0.4, -0.2) is 26.7 Å². The molecule has 2 heterocycles. The molecule has 1 amide bonds. The number of fused-ring (bicyclic) bond motifs is 1. The van der Waals surface area contributed by atoms with Gasteiger partial charge < -0.3 is 19.8 Å². The van der Waals surface area contributed by atoms with Gasteiger partial charge in [0.1, 0.15) is 11.9 Å². The molecule has 4 aromatic rings. The summed E-state index contributed by atoms with van der Waals surface area (Å²) in [7, 11) is 0. The lowest BCUT2D eigenvalue weighted by Gasteiger charge is -2.30. The average Bonchev–Trinajstić information content (AvgIpc) is 3.65. The molecule has 2 aliphatic rings. The number of rotatable bonds is 7. The molecule has 0 aliphatic heterocycles. The Morgan fingerprint density at radius 2 is 1.89 bits per heavy atom. The summed E-state index contributed by atoms with van der Waals surface area (Å²) in [5.41, 5.74) is 12.0. The number of benzene rings is 2. The van der Waals surface area contributed by atoms with Crippen molar-refractivity contribution in [1.82, 2.24) is 14.5 Å². The Labute approximate surface area is 215 Å². The summed E-state index contributed by atoms with van der Waals surface area (Å²) in [4.78, 5) is 20.9. The Morgan fingerprint density at radius 3 is 2.57 bits per heavy atom. The lowest BCUT2D eigenvalue weighted by molar-refractivity contribution is 0.108. The van der Waals surface area contributed by atoms with Crippen LogP contribution in [0.2, 0.25) is 0 Å². The highest BCUT2D eigenvalue weighted by Crippen LogP contribution is 2.45. The fraction of sp³-hybridized carbons (Fsp3) is 0.345. The maximum Gasteiger partial charge on any atom is 0.411 e. The van der Waals surface area contributed by atoms with E-state index in [1.807, 2.05) is 62.4 Å². The van der Waals surface area contributed by atoms with Crippen LogP contribution < -0.4 is 15.8 Å². The lowest BCUT2D eigenvalue weighted by atomic mass is 9.92. The number of nitrogens with two attached hydrogens (primary N) is 1. The van der Waals surface area contributed by atoms with E-state index in [1.54, 1.807) is 6.20 Å². The molecular weight excluding hydrogens is 466 g/mol. The molecule has 0 unspecified atom stereocenters. The van der Waals surface area contributed by atoms with Gasteiger partial charge in [-0.15, -0.1) is 0 Å². The smallest absolute Gasteiger partial charge is 0.411 e. The Morgan fingerprint density at radius 1 is 1.11 bits per heavy atom. The minimum absolute atomic E-state index is 0.0522. The molecule has 2 aromatic carbocycles. The maximum atomic E-state index is 12.3. The summed E-state index contributed by atoms with van der Waals surface area (Å²) in [5.74, 6) is 1.17. The molecule has 0 bridgehead atoms.